The molecule has 0 fully saturated rings. The molecule has 2 atom stereocenters. The van der Waals surface area contributed by atoms with Gasteiger partial charge in [-0.05, 0) is 57.8 Å². The molecule has 0 aromatic rings. The lowest BCUT2D eigenvalue weighted by Gasteiger charge is -2.20. The summed E-state index contributed by atoms with van der Waals surface area (Å²) >= 11 is 0. The molecule has 0 aliphatic heterocycles. The lowest BCUT2D eigenvalue weighted by Crippen LogP contribution is -2.45. The van der Waals surface area contributed by atoms with Gasteiger partial charge < -0.3 is 20.3 Å². The highest BCUT2D eigenvalue weighted by Gasteiger charge is 2.18. The molecular formula is C56H107NO5. The van der Waals surface area contributed by atoms with E-state index in [0.29, 0.717) is 19.4 Å². The Kier molecular flexibility index (Phi) is 50.6. The van der Waals surface area contributed by atoms with Gasteiger partial charge in [0.2, 0.25) is 5.91 Å². The first kappa shape index (κ1) is 60.3. The van der Waals surface area contributed by atoms with E-state index in [4.69, 9.17) is 4.74 Å². The summed E-state index contributed by atoms with van der Waals surface area (Å²) < 4.78 is 5.45. The van der Waals surface area contributed by atoms with Gasteiger partial charge in [0.15, 0.2) is 0 Å². The quantitative estimate of drug-likeness (QED) is 0.0321. The van der Waals surface area contributed by atoms with Crippen LogP contribution < -0.4 is 5.32 Å². The molecule has 0 rings (SSSR count). The van der Waals surface area contributed by atoms with Crippen LogP contribution >= 0.6 is 0 Å². The fourth-order valence-electron chi connectivity index (χ4n) is 8.45. The van der Waals surface area contributed by atoms with Crippen LogP contribution in [0.5, 0.6) is 0 Å². The third kappa shape index (κ3) is 47.8. The van der Waals surface area contributed by atoms with E-state index in [2.05, 4.69) is 31.3 Å². The second-order valence-electron chi connectivity index (χ2n) is 18.9. The lowest BCUT2D eigenvalue weighted by atomic mass is 10.0. The number of unbranched alkanes of at least 4 members (excludes halogenated alkanes) is 38. The summed E-state index contributed by atoms with van der Waals surface area (Å²) in [5, 5.41) is 23.1. The molecule has 0 radical (unpaired) electrons. The highest BCUT2D eigenvalue weighted by molar-refractivity contribution is 5.76. The third-order valence-electron chi connectivity index (χ3n) is 12.7. The van der Waals surface area contributed by atoms with Gasteiger partial charge in [0.05, 0.1) is 25.4 Å². The van der Waals surface area contributed by atoms with E-state index < -0.39 is 12.1 Å². The Morgan fingerprint density at radius 1 is 0.435 bits per heavy atom. The van der Waals surface area contributed by atoms with Crippen LogP contribution in [-0.2, 0) is 14.3 Å². The Labute approximate surface area is 386 Å². The molecule has 1 amide bonds. The monoisotopic (exact) mass is 874 g/mol. The number of aliphatic hydroxyl groups is 2. The summed E-state index contributed by atoms with van der Waals surface area (Å²) in [5.74, 6) is -0.117. The molecule has 0 bridgehead atoms. The minimum Gasteiger partial charge on any atom is -0.466 e. The third-order valence-corrected chi connectivity index (χ3v) is 12.7. The van der Waals surface area contributed by atoms with Gasteiger partial charge in [-0.1, -0.05) is 250 Å². The van der Waals surface area contributed by atoms with E-state index in [9.17, 15) is 19.8 Å². The molecule has 0 heterocycles. The fourth-order valence-corrected chi connectivity index (χ4v) is 8.45. The number of nitrogens with one attached hydrogen (secondary N) is 1. The predicted molar refractivity (Wildman–Crippen MR) is 269 cm³/mol. The van der Waals surface area contributed by atoms with E-state index in [1.807, 2.05) is 6.08 Å². The average Bonchev–Trinajstić information content (AvgIpc) is 3.27. The van der Waals surface area contributed by atoms with Crippen LogP contribution in [0.1, 0.15) is 296 Å². The molecule has 0 saturated carbocycles. The zero-order chi connectivity index (χ0) is 45.1. The van der Waals surface area contributed by atoms with Crippen LogP contribution in [0.25, 0.3) is 0 Å². The maximum atomic E-state index is 12.5. The van der Waals surface area contributed by atoms with Crippen LogP contribution in [0.4, 0.5) is 0 Å². The number of allylic oxidation sites excluding steroid dienone is 3. The fraction of sp³-hybridized carbons (Fsp3) is 0.893. The minimum atomic E-state index is -0.860. The average molecular weight is 874 g/mol. The summed E-state index contributed by atoms with van der Waals surface area (Å²) in [6.45, 7) is 4.85. The zero-order valence-corrected chi connectivity index (χ0v) is 41.6. The molecule has 0 aromatic heterocycles. The van der Waals surface area contributed by atoms with Gasteiger partial charge in [-0.25, -0.2) is 0 Å². The Bertz CT molecular complexity index is 966. The predicted octanol–water partition coefficient (Wildman–Crippen LogP) is 16.7. The van der Waals surface area contributed by atoms with Crippen molar-refractivity contribution in [2.75, 3.05) is 13.2 Å². The Morgan fingerprint density at radius 3 is 1.15 bits per heavy atom. The lowest BCUT2D eigenvalue weighted by molar-refractivity contribution is -0.143. The second kappa shape index (κ2) is 52.0. The first-order chi connectivity index (χ1) is 30.5. The molecule has 0 saturated heterocycles. The maximum Gasteiger partial charge on any atom is 0.305 e. The molecule has 62 heavy (non-hydrogen) atoms. The van der Waals surface area contributed by atoms with Crippen LogP contribution in [0.2, 0.25) is 0 Å². The SMILES string of the molecule is CCCCCCCC/C=C\CCCCCCCC(=O)OCCCCCCCCCCCCC(=O)NC(CO)C(O)/C=C/CCCCCCCCCCCCCCCCCCCC. The highest BCUT2D eigenvalue weighted by atomic mass is 16.5. The summed E-state index contributed by atoms with van der Waals surface area (Å²) in [5.41, 5.74) is 0. The molecule has 2 unspecified atom stereocenters. The normalized spacial score (nSPS) is 12.8. The van der Waals surface area contributed by atoms with Gasteiger partial charge in [-0.15, -0.1) is 0 Å². The molecule has 366 valence electrons. The number of hydrogen-bond acceptors (Lipinski definition) is 5. The van der Waals surface area contributed by atoms with Gasteiger partial charge in [0, 0.05) is 12.8 Å². The highest BCUT2D eigenvalue weighted by Crippen LogP contribution is 2.16. The topological polar surface area (TPSA) is 95.9 Å². The van der Waals surface area contributed by atoms with Gasteiger partial charge in [-0.3, -0.25) is 9.59 Å². The van der Waals surface area contributed by atoms with Crippen molar-refractivity contribution in [3.63, 3.8) is 0 Å². The van der Waals surface area contributed by atoms with Crippen molar-refractivity contribution in [2.24, 2.45) is 0 Å². The summed E-state index contributed by atoms with van der Waals surface area (Å²) in [6.07, 6.45) is 61.8. The Balaban J connectivity index is 3.52. The van der Waals surface area contributed by atoms with Crippen molar-refractivity contribution in [1.82, 2.24) is 5.32 Å². The number of rotatable bonds is 51. The first-order valence-electron chi connectivity index (χ1n) is 27.6. The molecule has 3 N–H and O–H groups in total. The number of amides is 1. The van der Waals surface area contributed by atoms with E-state index in [1.54, 1.807) is 6.08 Å². The van der Waals surface area contributed by atoms with Gasteiger partial charge >= 0.3 is 5.97 Å². The standard InChI is InChI=1S/C56H107NO5/c1-3-5-7-9-11-13-15-17-19-20-21-22-23-25-26-28-32-36-40-44-48-54(59)53(52-58)57-55(60)49-45-41-37-33-30-31-35-39-43-47-51-62-56(61)50-46-42-38-34-29-27-24-18-16-14-12-10-8-6-4-2/h18,24,44,48,53-54,58-59H,3-17,19-23,25-43,45-47,49-52H2,1-2H3,(H,57,60)/b24-18-,48-44+. The van der Waals surface area contributed by atoms with Crippen molar-refractivity contribution >= 4 is 11.9 Å². The summed E-state index contributed by atoms with van der Waals surface area (Å²) in [6, 6.07) is -0.645. The summed E-state index contributed by atoms with van der Waals surface area (Å²) in [7, 11) is 0. The van der Waals surface area contributed by atoms with E-state index >= 15 is 0 Å². The zero-order valence-electron chi connectivity index (χ0n) is 41.6. The van der Waals surface area contributed by atoms with Crippen molar-refractivity contribution in [1.29, 1.82) is 0 Å². The number of aliphatic hydroxyl groups excluding tert-OH is 2. The minimum absolute atomic E-state index is 0.0284. The largest absolute Gasteiger partial charge is 0.466 e. The number of hydrogen-bond donors (Lipinski definition) is 3. The molecule has 0 aliphatic rings. The van der Waals surface area contributed by atoms with Crippen molar-refractivity contribution in [3.05, 3.63) is 24.3 Å². The Morgan fingerprint density at radius 2 is 0.758 bits per heavy atom. The molecule has 6 nitrogen and oxygen atoms in total. The number of carbonyl (C=O) groups excluding carboxylic acids is 2. The number of carbonyl (C=O) groups is 2. The smallest absolute Gasteiger partial charge is 0.305 e. The number of esters is 1. The van der Waals surface area contributed by atoms with Gasteiger partial charge in [0.1, 0.15) is 0 Å². The molecule has 0 spiro atoms. The van der Waals surface area contributed by atoms with Gasteiger partial charge in [-0.2, -0.15) is 0 Å². The molecular weight excluding hydrogens is 767 g/mol. The molecule has 6 heteroatoms. The van der Waals surface area contributed by atoms with Crippen molar-refractivity contribution in [3.8, 4) is 0 Å². The second-order valence-corrected chi connectivity index (χ2v) is 18.9. The van der Waals surface area contributed by atoms with Crippen molar-refractivity contribution in [2.45, 2.75) is 309 Å². The van der Waals surface area contributed by atoms with Crippen LogP contribution in [0, 0.1) is 0 Å². The van der Waals surface area contributed by atoms with Crippen LogP contribution in [-0.4, -0.2) is 47.4 Å². The summed E-state index contributed by atoms with van der Waals surface area (Å²) in [4.78, 5) is 24.5. The van der Waals surface area contributed by atoms with Crippen LogP contribution in [0.3, 0.4) is 0 Å². The van der Waals surface area contributed by atoms with Crippen molar-refractivity contribution < 1.29 is 24.5 Å². The van der Waals surface area contributed by atoms with E-state index in [1.165, 1.54) is 212 Å². The number of ether oxygens (including phenoxy) is 1. The first-order valence-corrected chi connectivity index (χ1v) is 27.6. The van der Waals surface area contributed by atoms with Crippen LogP contribution in [0.15, 0.2) is 24.3 Å². The maximum absolute atomic E-state index is 12.5. The van der Waals surface area contributed by atoms with E-state index in [0.717, 1.165) is 57.8 Å². The molecule has 0 aromatic carbocycles. The van der Waals surface area contributed by atoms with Gasteiger partial charge in [0.25, 0.3) is 0 Å². The Hall–Kier alpha value is -1.66. The molecule has 0 aliphatic carbocycles. The van der Waals surface area contributed by atoms with E-state index in [-0.39, 0.29) is 18.5 Å².